The fourth-order valence-electron chi connectivity index (χ4n) is 4.26. The Bertz CT molecular complexity index is 1110. The van der Waals surface area contributed by atoms with E-state index in [1.165, 1.54) is 31.0 Å². The molecule has 35 heavy (non-hydrogen) atoms. The van der Waals surface area contributed by atoms with E-state index in [9.17, 15) is 4.79 Å². The molecule has 1 fully saturated rings. The van der Waals surface area contributed by atoms with Gasteiger partial charge in [-0.1, -0.05) is 37.1 Å². The van der Waals surface area contributed by atoms with Gasteiger partial charge in [-0.25, -0.2) is 0 Å². The predicted octanol–water partition coefficient (Wildman–Crippen LogP) is 5.53. The van der Waals surface area contributed by atoms with Crippen LogP contribution in [0, 0.1) is 0 Å². The number of hydrogen-bond acceptors (Lipinski definition) is 7. The van der Waals surface area contributed by atoms with Crippen molar-refractivity contribution in [1.29, 1.82) is 0 Å². The first-order valence-corrected chi connectivity index (χ1v) is 12.9. The Balaban J connectivity index is 1.47. The van der Waals surface area contributed by atoms with Crippen LogP contribution in [0.15, 0.2) is 53.7 Å². The molecule has 1 heterocycles. The molecule has 186 valence electrons. The van der Waals surface area contributed by atoms with Crippen LogP contribution in [0.1, 0.15) is 50.9 Å². The maximum absolute atomic E-state index is 12.9. The highest BCUT2D eigenvalue weighted by molar-refractivity contribution is 8.00. The molecule has 1 saturated carbocycles. The number of carbonyl (C=O) groups is 1. The van der Waals surface area contributed by atoms with Crippen LogP contribution >= 0.6 is 11.8 Å². The van der Waals surface area contributed by atoms with Crippen molar-refractivity contribution in [3.63, 3.8) is 0 Å². The van der Waals surface area contributed by atoms with Crippen molar-refractivity contribution >= 4 is 29.0 Å². The summed E-state index contributed by atoms with van der Waals surface area (Å²) in [5, 5.41) is 15.9. The summed E-state index contributed by atoms with van der Waals surface area (Å²) < 4.78 is 12.8. The highest BCUT2D eigenvalue weighted by Gasteiger charge is 2.26. The van der Waals surface area contributed by atoms with Crippen LogP contribution in [0.5, 0.6) is 11.5 Å². The minimum Gasteiger partial charge on any atom is -0.497 e. The van der Waals surface area contributed by atoms with Crippen LogP contribution in [0.4, 0.5) is 11.4 Å². The van der Waals surface area contributed by atoms with Crippen LogP contribution in [-0.4, -0.2) is 40.1 Å². The van der Waals surface area contributed by atoms with Crippen LogP contribution in [0.25, 0.3) is 0 Å². The molecule has 1 atom stereocenters. The Hall–Kier alpha value is -3.20. The number of nitrogens with zero attached hydrogens (tertiary/aromatic N) is 3. The first kappa shape index (κ1) is 24.9. The smallest absolute Gasteiger partial charge is 0.237 e. The number of hydrogen-bond donors (Lipinski definition) is 2. The van der Waals surface area contributed by atoms with E-state index in [1.54, 1.807) is 14.2 Å². The second-order valence-electron chi connectivity index (χ2n) is 8.62. The summed E-state index contributed by atoms with van der Waals surface area (Å²) in [5.74, 6) is 2.36. The number of aromatic nitrogens is 3. The second kappa shape index (κ2) is 12.0. The third kappa shape index (κ3) is 6.48. The molecule has 2 N–H and O–H groups in total. The van der Waals surface area contributed by atoms with E-state index in [0.29, 0.717) is 12.6 Å². The average Bonchev–Trinajstić information content (AvgIpc) is 3.30. The van der Waals surface area contributed by atoms with Gasteiger partial charge in [-0.3, -0.25) is 4.79 Å². The zero-order valence-electron chi connectivity index (χ0n) is 20.5. The molecule has 0 saturated heterocycles. The second-order valence-corrected chi connectivity index (χ2v) is 9.93. The van der Waals surface area contributed by atoms with Gasteiger partial charge >= 0.3 is 0 Å². The van der Waals surface area contributed by atoms with E-state index in [0.717, 1.165) is 46.7 Å². The number of thioether (sulfide) groups is 1. The molecule has 3 aromatic rings. The number of amides is 1. The normalized spacial score (nSPS) is 14.8. The van der Waals surface area contributed by atoms with Gasteiger partial charge in [0.15, 0.2) is 11.0 Å². The van der Waals surface area contributed by atoms with Crippen LogP contribution in [0.2, 0.25) is 0 Å². The molecule has 0 spiro atoms. The first-order chi connectivity index (χ1) is 17.1. The van der Waals surface area contributed by atoms with Gasteiger partial charge in [-0.15, -0.1) is 10.2 Å². The lowest BCUT2D eigenvalue weighted by Gasteiger charge is -2.26. The van der Waals surface area contributed by atoms with Crippen molar-refractivity contribution in [2.75, 3.05) is 24.9 Å². The Kier molecular flexibility index (Phi) is 8.52. The van der Waals surface area contributed by atoms with E-state index < -0.39 is 0 Å². The molecule has 4 rings (SSSR count). The summed E-state index contributed by atoms with van der Waals surface area (Å²) >= 11 is 1.45. The molecule has 1 aliphatic carbocycles. The summed E-state index contributed by atoms with van der Waals surface area (Å²) in [6.07, 6.45) is 5.86. The van der Waals surface area contributed by atoms with Crippen molar-refractivity contribution in [2.45, 2.75) is 62.0 Å². The SMILES string of the molecule is COc1ccc(NC(=O)C(C)Sc2nnc(CNc3cccc(OC)c3)n2C2CCCCC2)cc1. The molecular weight excluding hydrogens is 462 g/mol. The summed E-state index contributed by atoms with van der Waals surface area (Å²) in [4.78, 5) is 12.9. The van der Waals surface area contributed by atoms with Gasteiger partial charge in [-0.2, -0.15) is 0 Å². The highest BCUT2D eigenvalue weighted by Crippen LogP contribution is 2.34. The number of nitrogens with one attached hydrogen (secondary N) is 2. The quantitative estimate of drug-likeness (QED) is 0.357. The molecule has 1 aromatic heterocycles. The fraction of sp³-hybridized carbons (Fsp3) is 0.423. The Labute approximate surface area is 210 Å². The standard InChI is InChI=1S/C26H33N5O3S/c1-18(25(32)28-19-12-14-22(33-2)15-13-19)35-26-30-29-24(31(26)21-9-5-4-6-10-21)17-27-20-8-7-11-23(16-20)34-3/h7-8,11-16,18,21,27H,4-6,9-10,17H2,1-3H3,(H,28,32). The van der Waals surface area contributed by atoms with Crippen LogP contribution in [0.3, 0.4) is 0 Å². The van der Waals surface area contributed by atoms with Gasteiger partial charge in [0, 0.05) is 23.5 Å². The van der Waals surface area contributed by atoms with Gasteiger partial charge in [0.2, 0.25) is 5.91 Å². The maximum Gasteiger partial charge on any atom is 0.237 e. The van der Waals surface area contributed by atoms with E-state index in [-0.39, 0.29) is 11.2 Å². The van der Waals surface area contributed by atoms with Crippen molar-refractivity contribution in [3.05, 3.63) is 54.4 Å². The van der Waals surface area contributed by atoms with Gasteiger partial charge in [0.05, 0.1) is 26.0 Å². The van der Waals surface area contributed by atoms with Gasteiger partial charge in [0.25, 0.3) is 0 Å². The summed E-state index contributed by atoms with van der Waals surface area (Å²) in [6, 6.07) is 15.5. The maximum atomic E-state index is 12.9. The lowest BCUT2D eigenvalue weighted by Crippen LogP contribution is -2.24. The van der Waals surface area contributed by atoms with Gasteiger partial charge in [-0.05, 0) is 56.2 Å². The Morgan fingerprint density at radius 2 is 1.77 bits per heavy atom. The van der Waals surface area contributed by atoms with Crippen LogP contribution in [-0.2, 0) is 11.3 Å². The van der Waals surface area contributed by atoms with Crippen molar-refractivity contribution in [3.8, 4) is 11.5 Å². The molecule has 0 radical (unpaired) electrons. The van der Waals surface area contributed by atoms with Crippen molar-refractivity contribution in [2.24, 2.45) is 0 Å². The number of anilines is 2. The fourth-order valence-corrected chi connectivity index (χ4v) is 5.20. The van der Waals surface area contributed by atoms with E-state index >= 15 is 0 Å². The lowest BCUT2D eigenvalue weighted by atomic mass is 9.95. The molecule has 2 aromatic carbocycles. The largest absolute Gasteiger partial charge is 0.497 e. The molecule has 9 heteroatoms. The highest BCUT2D eigenvalue weighted by atomic mass is 32.2. The van der Waals surface area contributed by atoms with Gasteiger partial charge < -0.3 is 24.7 Å². The summed E-state index contributed by atoms with van der Waals surface area (Å²) in [6.45, 7) is 2.45. The third-order valence-electron chi connectivity index (χ3n) is 6.20. The van der Waals surface area contributed by atoms with E-state index in [2.05, 4.69) is 25.4 Å². The summed E-state index contributed by atoms with van der Waals surface area (Å²) in [5.41, 5.74) is 1.70. The zero-order valence-corrected chi connectivity index (χ0v) is 21.3. The number of ether oxygens (including phenoxy) is 2. The van der Waals surface area contributed by atoms with Crippen molar-refractivity contribution < 1.29 is 14.3 Å². The molecule has 8 nitrogen and oxygen atoms in total. The monoisotopic (exact) mass is 495 g/mol. The molecule has 0 bridgehead atoms. The molecule has 1 amide bonds. The van der Waals surface area contributed by atoms with E-state index in [4.69, 9.17) is 9.47 Å². The minimum absolute atomic E-state index is 0.0746. The number of carbonyl (C=O) groups excluding carboxylic acids is 1. The zero-order chi connectivity index (χ0) is 24.6. The lowest BCUT2D eigenvalue weighted by molar-refractivity contribution is -0.115. The summed E-state index contributed by atoms with van der Waals surface area (Å²) in [7, 11) is 3.28. The van der Waals surface area contributed by atoms with Crippen LogP contribution < -0.4 is 20.1 Å². The number of benzene rings is 2. The first-order valence-electron chi connectivity index (χ1n) is 12.0. The minimum atomic E-state index is -0.331. The Morgan fingerprint density at radius 3 is 2.49 bits per heavy atom. The predicted molar refractivity (Wildman–Crippen MR) is 139 cm³/mol. The van der Waals surface area contributed by atoms with Crippen molar-refractivity contribution in [1.82, 2.24) is 14.8 Å². The topological polar surface area (TPSA) is 90.3 Å². The molecule has 0 aliphatic heterocycles. The number of rotatable bonds is 10. The Morgan fingerprint density at radius 1 is 1.03 bits per heavy atom. The number of methoxy groups -OCH3 is 2. The molecule has 1 aliphatic rings. The molecule has 1 unspecified atom stereocenters. The molecular formula is C26H33N5O3S. The van der Waals surface area contributed by atoms with E-state index in [1.807, 2.05) is 55.5 Å². The van der Waals surface area contributed by atoms with Gasteiger partial charge in [0.1, 0.15) is 11.5 Å². The third-order valence-corrected chi connectivity index (χ3v) is 7.26. The average molecular weight is 496 g/mol.